The van der Waals surface area contributed by atoms with Crippen LogP contribution in [0.3, 0.4) is 0 Å². The highest BCUT2D eigenvalue weighted by Crippen LogP contribution is 2.27. The van der Waals surface area contributed by atoms with Gasteiger partial charge in [-0.15, -0.1) is 0 Å². The van der Waals surface area contributed by atoms with Crippen LogP contribution in [0.15, 0.2) is 60.7 Å². The maximum atomic E-state index is 12.4. The first-order valence-electron chi connectivity index (χ1n) is 8.89. The maximum absolute atomic E-state index is 12.4. The number of esters is 2. The average molecular weight is 386 g/mol. The third kappa shape index (κ3) is 4.39. The Labute approximate surface area is 162 Å². The lowest BCUT2D eigenvalue weighted by Crippen LogP contribution is -2.59. The van der Waals surface area contributed by atoms with Crippen molar-refractivity contribution in [3.63, 3.8) is 0 Å². The zero-order valence-corrected chi connectivity index (χ0v) is 15.6. The number of hydrogen-bond donors (Lipinski definition) is 1. The van der Waals surface area contributed by atoms with Gasteiger partial charge >= 0.3 is 11.9 Å². The van der Waals surface area contributed by atoms with E-state index in [1.807, 2.05) is 0 Å². The van der Waals surface area contributed by atoms with E-state index in [1.54, 1.807) is 67.6 Å². The van der Waals surface area contributed by atoms with Gasteiger partial charge in [0.2, 0.25) is 0 Å². The normalized spacial score (nSPS) is 27.0. The molecule has 28 heavy (non-hydrogen) atoms. The molecule has 0 aliphatic carbocycles. The van der Waals surface area contributed by atoms with Crippen LogP contribution in [0.5, 0.6) is 0 Å². The maximum Gasteiger partial charge on any atom is 0.338 e. The molecular weight excluding hydrogens is 364 g/mol. The Morgan fingerprint density at radius 3 is 1.79 bits per heavy atom. The molecule has 0 saturated carbocycles. The third-order valence-electron chi connectivity index (χ3n) is 4.49. The largest absolute Gasteiger partial charge is 0.453 e. The van der Waals surface area contributed by atoms with Gasteiger partial charge in [-0.3, -0.25) is 0 Å². The molecule has 1 saturated heterocycles. The summed E-state index contributed by atoms with van der Waals surface area (Å²) in [6.45, 7) is 1.65. The molecule has 0 aromatic heterocycles. The van der Waals surface area contributed by atoms with Crippen LogP contribution in [0.25, 0.3) is 0 Å². The molecule has 2 aromatic carbocycles. The third-order valence-corrected chi connectivity index (χ3v) is 4.49. The fraction of sp³-hybridized carbons (Fsp3) is 0.333. The number of carbonyl (C=O) groups excluding carboxylic acids is 2. The summed E-state index contributed by atoms with van der Waals surface area (Å²) in [6.07, 6.45) is -5.19. The fourth-order valence-corrected chi connectivity index (χ4v) is 3.00. The first-order valence-corrected chi connectivity index (χ1v) is 8.89. The number of aliphatic hydroxyl groups excluding tert-OH is 1. The van der Waals surface area contributed by atoms with Crippen LogP contribution in [0.2, 0.25) is 0 Å². The van der Waals surface area contributed by atoms with E-state index in [9.17, 15) is 14.7 Å². The van der Waals surface area contributed by atoms with Gasteiger partial charge in [-0.2, -0.15) is 0 Å². The van der Waals surface area contributed by atoms with Crippen LogP contribution in [0.4, 0.5) is 0 Å². The molecule has 1 fully saturated rings. The molecule has 0 radical (unpaired) electrons. The van der Waals surface area contributed by atoms with Crippen molar-refractivity contribution in [2.75, 3.05) is 7.11 Å². The zero-order valence-electron chi connectivity index (χ0n) is 15.6. The minimum Gasteiger partial charge on any atom is -0.453 e. The molecule has 5 atom stereocenters. The second-order valence-corrected chi connectivity index (χ2v) is 6.41. The number of aliphatic hydroxyl groups is 1. The number of carbonyl (C=O) groups is 2. The predicted octanol–water partition coefficient (Wildman–Crippen LogP) is 2.19. The minimum atomic E-state index is -1.32. The summed E-state index contributed by atoms with van der Waals surface area (Å²) in [4.78, 5) is 24.8. The molecule has 148 valence electrons. The van der Waals surface area contributed by atoms with E-state index in [0.29, 0.717) is 11.1 Å². The zero-order chi connectivity index (χ0) is 20.1. The van der Waals surface area contributed by atoms with Crippen molar-refractivity contribution < 1.29 is 33.6 Å². The lowest BCUT2D eigenvalue weighted by molar-refractivity contribution is -0.284. The Hall–Kier alpha value is -2.74. The van der Waals surface area contributed by atoms with Gasteiger partial charge in [0.05, 0.1) is 17.2 Å². The van der Waals surface area contributed by atoms with Gasteiger partial charge in [0, 0.05) is 7.11 Å². The SMILES string of the molecule is COC1O[C@@H](C)[C@@H](OC(=O)c2ccccc2)[C@@H](O)[C@@H]1OC(=O)c1ccccc1. The predicted molar refractivity (Wildman–Crippen MR) is 98.6 cm³/mol. The van der Waals surface area contributed by atoms with E-state index in [-0.39, 0.29) is 0 Å². The van der Waals surface area contributed by atoms with Gasteiger partial charge < -0.3 is 24.1 Å². The molecule has 1 unspecified atom stereocenters. The van der Waals surface area contributed by atoms with Gasteiger partial charge in [-0.05, 0) is 31.2 Å². The minimum absolute atomic E-state index is 0.320. The number of hydrogen-bond acceptors (Lipinski definition) is 7. The smallest absolute Gasteiger partial charge is 0.338 e. The van der Waals surface area contributed by atoms with Crippen LogP contribution >= 0.6 is 0 Å². The number of methoxy groups -OCH3 is 1. The average Bonchev–Trinajstić information content (AvgIpc) is 2.73. The van der Waals surface area contributed by atoms with Gasteiger partial charge in [-0.25, -0.2) is 9.59 Å². The van der Waals surface area contributed by atoms with Crippen LogP contribution in [0, 0.1) is 0 Å². The molecule has 3 rings (SSSR count). The van der Waals surface area contributed by atoms with E-state index in [4.69, 9.17) is 18.9 Å². The van der Waals surface area contributed by atoms with Crippen molar-refractivity contribution in [3.8, 4) is 0 Å². The molecule has 0 amide bonds. The number of rotatable bonds is 5. The monoisotopic (exact) mass is 386 g/mol. The number of ether oxygens (including phenoxy) is 4. The highest BCUT2D eigenvalue weighted by molar-refractivity contribution is 5.90. The van der Waals surface area contributed by atoms with Crippen molar-refractivity contribution in [3.05, 3.63) is 71.8 Å². The lowest BCUT2D eigenvalue weighted by Gasteiger charge is -2.41. The molecule has 7 heteroatoms. The second kappa shape index (κ2) is 8.97. The van der Waals surface area contributed by atoms with Gasteiger partial charge in [0.1, 0.15) is 6.10 Å². The Kier molecular flexibility index (Phi) is 6.41. The Morgan fingerprint density at radius 1 is 0.857 bits per heavy atom. The summed E-state index contributed by atoms with van der Waals surface area (Å²) < 4.78 is 21.8. The van der Waals surface area contributed by atoms with Crippen molar-refractivity contribution >= 4 is 11.9 Å². The molecule has 1 aliphatic rings. The lowest BCUT2D eigenvalue weighted by atomic mass is 9.99. The van der Waals surface area contributed by atoms with Crippen LogP contribution < -0.4 is 0 Å². The van der Waals surface area contributed by atoms with E-state index < -0.39 is 42.6 Å². The number of benzene rings is 2. The molecule has 1 heterocycles. The van der Waals surface area contributed by atoms with E-state index in [0.717, 1.165) is 0 Å². The molecule has 0 spiro atoms. The van der Waals surface area contributed by atoms with Crippen molar-refractivity contribution in [2.45, 2.75) is 37.6 Å². The van der Waals surface area contributed by atoms with E-state index >= 15 is 0 Å². The first kappa shape index (κ1) is 20.0. The standard InChI is InChI=1S/C21H22O7/c1-13-17(27-19(23)14-9-5-3-6-10-14)16(22)18(21(25-2)26-13)28-20(24)15-11-7-4-8-12-15/h3-13,16-18,21-22H,1-2H3/t13-,16+,17+,18-,21?/m0/s1. The van der Waals surface area contributed by atoms with Gasteiger partial charge in [0.25, 0.3) is 0 Å². The molecule has 7 nitrogen and oxygen atoms in total. The molecule has 2 aromatic rings. The van der Waals surface area contributed by atoms with Crippen molar-refractivity contribution in [1.82, 2.24) is 0 Å². The molecule has 1 N–H and O–H groups in total. The Bertz CT molecular complexity index is 793. The van der Waals surface area contributed by atoms with E-state index in [1.165, 1.54) is 7.11 Å². The van der Waals surface area contributed by atoms with E-state index in [2.05, 4.69) is 0 Å². The molecular formula is C21H22O7. The summed E-state index contributed by atoms with van der Waals surface area (Å²) in [5.41, 5.74) is 0.662. The Balaban J connectivity index is 1.75. The summed E-state index contributed by atoms with van der Waals surface area (Å²) in [5, 5.41) is 10.8. The van der Waals surface area contributed by atoms with Crippen molar-refractivity contribution in [2.24, 2.45) is 0 Å². The highest BCUT2D eigenvalue weighted by Gasteiger charge is 2.48. The van der Waals surface area contributed by atoms with Crippen molar-refractivity contribution in [1.29, 1.82) is 0 Å². The van der Waals surface area contributed by atoms with Crippen LogP contribution in [0.1, 0.15) is 27.6 Å². The summed E-state index contributed by atoms with van der Waals surface area (Å²) >= 11 is 0. The highest BCUT2D eigenvalue weighted by atomic mass is 16.7. The summed E-state index contributed by atoms with van der Waals surface area (Å²) in [7, 11) is 1.38. The molecule has 0 bridgehead atoms. The van der Waals surface area contributed by atoms with Gasteiger partial charge in [0.15, 0.2) is 18.5 Å². The van der Waals surface area contributed by atoms with Crippen LogP contribution in [-0.4, -0.2) is 54.9 Å². The fourth-order valence-electron chi connectivity index (χ4n) is 3.00. The molecule has 1 aliphatic heterocycles. The topological polar surface area (TPSA) is 91.3 Å². The first-order chi connectivity index (χ1) is 13.5. The quantitative estimate of drug-likeness (QED) is 0.788. The Morgan fingerprint density at radius 2 is 1.32 bits per heavy atom. The van der Waals surface area contributed by atoms with Crippen LogP contribution in [-0.2, 0) is 18.9 Å². The van der Waals surface area contributed by atoms with Gasteiger partial charge in [-0.1, -0.05) is 36.4 Å². The summed E-state index contributed by atoms with van der Waals surface area (Å²) in [5.74, 6) is -1.25. The second-order valence-electron chi connectivity index (χ2n) is 6.41. The summed E-state index contributed by atoms with van der Waals surface area (Å²) in [6, 6.07) is 16.8.